The molecule has 0 aliphatic rings. The third-order valence-electron chi connectivity index (χ3n) is 2.86. The molecule has 0 bridgehead atoms. The lowest BCUT2D eigenvalue weighted by Crippen LogP contribution is -2.25. The smallest absolute Gasteiger partial charge is 0.123 e. The fourth-order valence-electron chi connectivity index (χ4n) is 2.00. The van der Waals surface area contributed by atoms with Gasteiger partial charge in [-0.3, -0.25) is 4.68 Å². The van der Waals surface area contributed by atoms with Crippen molar-refractivity contribution in [2.75, 3.05) is 0 Å². The zero-order valence-electron chi connectivity index (χ0n) is 11.2. The first kappa shape index (κ1) is 12.9. The van der Waals surface area contributed by atoms with E-state index in [-0.39, 0.29) is 11.4 Å². The van der Waals surface area contributed by atoms with Crippen LogP contribution in [0.15, 0.2) is 24.4 Å². The van der Waals surface area contributed by atoms with Crippen molar-refractivity contribution < 1.29 is 4.39 Å². The fraction of sp³-hybridized carbons (Fsp3) is 0.357. The van der Waals surface area contributed by atoms with Crippen molar-refractivity contribution in [2.24, 2.45) is 0 Å². The maximum atomic E-state index is 13.4. The number of aryl methyl sites for hydroxylation is 1. The lowest BCUT2D eigenvalue weighted by atomic mass is 9.87. The van der Waals surface area contributed by atoms with Crippen LogP contribution in [0.25, 0.3) is 11.3 Å². The van der Waals surface area contributed by atoms with E-state index in [0.29, 0.717) is 11.0 Å². The summed E-state index contributed by atoms with van der Waals surface area (Å²) in [6.07, 6.45) is 1.78. The summed E-state index contributed by atoms with van der Waals surface area (Å²) in [4.78, 5) is 0. The predicted molar refractivity (Wildman–Crippen MR) is 72.7 cm³/mol. The molecule has 0 fully saturated rings. The Balaban J connectivity index is 2.71. The molecule has 2 aromatic rings. The molecule has 0 spiro atoms. The van der Waals surface area contributed by atoms with Gasteiger partial charge in [-0.2, -0.15) is 5.10 Å². The van der Waals surface area contributed by atoms with E-state index in [1.54, 1.807) is 12.3 Å². The summed E-state index contributed by atoms with van der Waals surface area (Å²) in [6, 6.07) is 4.41. The molecule has 0 unspecified atom stereocenters. The van der Waals surface area contributed by atoms with Gasteiger partial charge in [0.1, 0.15) is 13.7 Å². The van der Waals surface area contributed by atoms with Crippen molar-refractivity contribution in [3.63, 3.8) is 0 Å². The zero-order valence-corrected chi connectivity index (χ0v) is 11.2. The quantitative estimate of drug-likeness (QED) is 0.702. The average Bonchev–Trinajstić information content (AvgIpc) is 2.63. The Kier molecular flexibility index (Phi) is 3.05. The molecule has 0 saturated carbocycles. The van der Waals surface area contributed by atoms with Crippen molar-refractivity contribution >= 4 is 13.3 Å². The van der Waals surface area contributed by atoms with Crippen LogP contribution in [0, 0.1) is 12.7 Å². The van der Waals surface area contributed by atoms with Crippen LogP contribution in [-0.4, -0.2) is 17.6 Å². The van der Waals surface area contributed by atoms with Crippen molar-refractivity contribution in [1.82, 2.24) is 9.78 Å². The molecule has 0 amide bonds. The number of hydrogen-bond acceptors (Lipinski definition) is 1. The lowest BCUT2D eigenvalue weighted by Gasteiger charge is -2.23. The second-order valence-corrected chi connectivity index (χ2v) is 5.49. The number of halogens is 1. The standard InChI is InChI=1S/C14H16BFN2/c1-9-8-17-18(14(2,3)4)13(9)11-7-10(16)5-6-12(11)15/h5-8H,1-4H3. The second kappa shape index (κ2) is 4.27. The van der Waals surface area contributed by atoms with Gasteiger partial charge >= 0.3 is 0 Å². The Bertz CT molecular complexity index is 582. The van der Waals surface area contributed by atoms with E-state index in [2.05, 4.69) is 25.9 Å². The summed E-state index contributed by atoms with van der Waals surface area (Å²) in [7, 11) is 5.95. The van der Waals surface area contributed by atoms with E-state index >= 15 is 0 Å². The van der Waals surface area contributed by atoms with Crippen LogP contribution in [0.5, 0.6) is 0 Å². The minimum atomic E-state index is -0.291. The zero-order chi connectivity index (χ0) is 13.5. The van der Waals surface area contributed by atoms with Gasteiger partial charge in [0.05, 0.1) is 17.4 Å². The van der Waals surface area contributed by atoms with Crippen molar-refractivity contribution in [2.45, 2.75) is 33.2 Å². The first-order valence-electron chi connectivity index (χ1n) is 5.91. The summed E-state index contributed by atoms with van der Waals surface area (Å²) < 4.78 is 15.3. The van der Waals surface area contributed by atoms with E-state index in [9.17, 15) is 4.39 Å². The summed E-state index contributed by atoms with van der Waals surface area (Å²) in [5, 5.41) is 4.37. The fourth-order valence-corrected chi connectivity index (χ4v) is 2.00. The maximum Gasteiger partial charge on any atom is 0.123 e. The van der Waals surface area contributed by atoms with Crippen molar-refractivity contribution in [3.05, 3.63) is 35.8 Å². The molecule has 92 valence electrons. The average molecular weight is 242 g/mol. The Morgan fingerprint density at radius 3 is 2.56 bits per heavy atom. The van der Waals surface area contributed by atoms with Crippen LogP contribution in [0.3, 0.4) is 0 Å². The van der Waals surface area contributed by atoms with E-state index < -0.39 is 0 Å². The van der Waals surface area contributed by atoms with Gasteiger partial charge in [-0.15, -0.1) is 0 Å². The van der Waals surface area contributed by atoms with E-state index in [0.717, 1.165) is 11.3 Å². The molecule has 0 aliphatic heterocycles. The van der Waals surface area contributed by atoms with Crippen LogP contribution in [-0.2, 0) is 5.54 Å². The highest BCUT2D eigenvalue weighted by atomic mass is 19.1. The third kappa shape index (κ3) is 2.19. The highest BCUT2D eigenvalue weighted by Gasteiger charge is 2.21. The molecule has 0 atom stereocenters. The minimum Gasteiger partial charge on any atom is -0.259 e. The normalized spacial score (nSPS) is 11.8. The molecule has 2 rings (SSSR count). The van der Waals surface area contributed by atoms with E-state index in [1.165, 1.54) is 12.1 Å². The van der Waals surface area contributed by atoms with Crippen LogP contribution < -0.4 is 5.46 Å². The van der Waals surface area contributed by atoms with Crippen LogP contribution in [0.2, 0.25) is 0 Å². The highest BCUT2D eigenvalue weighted by Crippen LogP contribution is 2.27. The Hall–Kier alpha value is -1.58. The Morgan fingerprint density at radius 2 is 1.94 bits per heavy atom. The first-order chi connectivity index (χ1) is 8.30. The molecule has 1 heterocycles. The Morgan fingerprint density at radius 1 is 1.28 bits per heavy atom. The molecule has 2 nitrogen and oxygen atoms in total. The summed E-state index contributed by atoms with van der Waals surface area (Å²) >= 11 is 0. The van der Waals surface area contributed by atoms with Gasteiger partial charge in [0, 0.05) is 0 Å². The molecule has 4 heteroatoms. The molecule has 18 heavy (non-hydrogen) atoms. The van der Waals surface area contributed by atoms with Crippen LogP contribution in [0.1, 0.15) is 26.3 Å². The molecular formula is C14H16BFN2. The molecule has 1 aromatic carbocycles. The summed E-state index contributed by atoms with van der Waals surface area (Å²) in [5.74, 6) is -0.291. The van der Waals surface area contributed by atoms with Crippen molar-refractivity contribution in [3.8, 4) is 11.3 Å². The highest BCUT2D eigenvalue weighted by molar-refractivity contribution is 6.35. The van der Waals surface area contributed by atoms with Gasteiger partial charge in [0.15, 0.2) is 0 Å². The maximum absolute atomic E-state index is 13.4. The largest absolute Gasteiger partial charge is 0.259 e. The molecule has 0 N–H and O–H groups in total. The first-order valence-corrected chi connectivity index (χ1v) is 5.91. The molecule has 2 radical (unpaired) electrons. The molecular weight excluding hydrogens is 226 g/mol. The number of nitrogens with zero attached hydrogens (tertiary/aromatic N) is 2. The number of benzene rings is 1. The monoisotopic (exact) mass is 242 g/mol. The second-order valence-electron chi connectivity index (χ2n) is 5.49. The molecule has 0 aliphatic carbocycles. The summed E-state index contributed by atoms with van der Waals surface area (Å²) in [6.45, 7) is 8.12. The molecule has 1 aromatic heterocycles. The topological polar surface area (TPSA) is 17.8 Å². The lowest BCUT2D eigenvalue weighted by molar-refractivity contribution is 0.360. The number of rotatable bonds is 1. The van der Waals surface area contributed by atoms with E-state index in [1.807, 2.05) is 11.6 Å². The Labute approximate surface area is 108 Å². The summed E-state index contributed by atoms with van der Waals surface area (Å²) in [5.41, 5.74) is 2.94. The van der Waals surface area contributed by atoms with Crippen molar-refractivity contribution in [1.29, 1.82) is 0 Å². The SMILES string of the molecule is [B]c1ccc(F)cc1-c1c(C)cnn1C(C)(C)C. The third-order valence-corrected chi connectivity index (χ3v) is 2.86. The van der Waals surface area contributed by atoms with Gasteiger partial charge in [0.2, 0.25) is 0 Å². The van der Waals surface area contributed by atoms with Gasteiger partial charge in [-0.1, -0.05) is 11.5 Å². The van der Waals surface area contributed by atoms with Gasteiger partial charge in [-0.05, 0) is 51.0 Å². The number of aromatic nitrogens is 2. The predicted octanol–water partition coefficient (Wildman–Crippen LogP) is 2.55. The van der Waals surface area contributed by atoms with Crippen LogP contribution >= 0.6 is 0 Å². The van der Waals surface area contributed by atoms with Gasteiger partial charge in [-0.25, -0.2) is 4.39 Å². The van der Waals surface area contributed by atoms with Gasteiger partial charge in [0.25, 0.3) is 0 Å². The van der Waals surface area contributed by atoms with Gasteiger partial charge < -0.3 is 0 Å². The van der Waals surface area contributed by atoms with E-state index in [4.69, 9.17) is 7.85 Å². The number of hydrogen-bond donors (Lipinski definition) is 0. The molecule has 0 saturated heterocycles. The minimum absolute atomic E-state index is 0.178. The van der Waals surface area contributed by atoms with Crippen LogP contribution in [0.4, 0.5) is 4.39 Å².